The minimum absolute atomic E-state index is 0.208. The van der Waals surface area contributed by atoms with Crippen LogP contribution >= 0.6 is 0 Å². The summed E-state index contributed by atoms with van der Waals surface area (Å²) in [6.07, 6.45) is 4.81. The van der Waals surface area contributed by atoms with Crippen molar-refractivity contribution in [1.29, 1.82) is 0 Å². The van der Waals surface area contributed by atoms with Gasteiger partial charge in [-0.05, 0) is 87.9 Å². The third-order valence-electron chi connectivity index (χ3n) is 7.04. The molecule has 4 aromatic rings. The molecule has 2 aromatic carbocycles. The molecule has 0 bridgehead atoms. The molecule has 1 fully saturated rings. The Hall–Kier alpha value is -4.42. The molecule has 200 valence electrons. The summed E-state index contributed by atoms with van der Waals surface area (Å²) < 4.78 is 1.98. The molecule has 9 nitrogen and oxygen atoms in total. The Morgan fingerprint density at radius 2 is 1.85 bits per heavy atom. The number of nitrogens with one attached hydrogen (secondary N) is 3. The largest absolute Gasteiger partial charge is 0.393 e. The van der Waals surface area contributed by atoms with Crippen molar-refractivity contribution in [2.45, 2.75) is 65.1 Å². The normalized spacial score (nSPS) is 16.8. The Bertz CT molecular complexity index is 1560. The molecule has 5 rings (SSSR count). The number of carbonyl (C=O) groups excluding carboxylic acids is 1. The first-order chi connectivity index (χ1) is 18.9. The van der Waals surface area contributed by atoms with Gasteiger partial charge in [-0.25, -0.2) is 4.98 Å². The first kappa shape index (κ1) is 26.2. The van der Waals surface area contributed by atoms with E-state index in [9.17, 15) is 9.90 Å². The van der Waals surface area contributed by atoms with Gasteiger partial charge in [0.1, 0.15) is 0 Å². The number of aromatic nitrogens is 4. The minimum atomic E-state index is -0.388. The summed E-state index contributed by atoms with van der Waals surface area (Å²) in [5.41, 5.74) is 5.88. The van der Waals surface area contributed by atoms with Gasteiger partial charge in [0.15, 0.2) is 17.0 Å². The van der Waals surface area contributed by atoms with Gasteiger partial charge in [-0.15, -0.1) is 0 Å². The second-order valence-corrected chi connectivity index (χ2v) is 9.96. The lowest BCUT2D eigenvalue weighted by Gasteiger charge is -2.26. The molecule has 39 heavy (non-hydrogen) atoms. The van der Waals surface area contributed by atoms with Crippen LogP contribution in [0, 0.1) is 25.7 Å². The summed E-state index contributed by atoms with van der Waals surface area (Å²) in [5.74, 6) is 6.30. The summed E-state index contributed by atoms with van der Waals surface area (Å²) in [7, 11) is 0. The first-order valence-corrected chi connectivity index (χ1v) is 13.3. The molecule has 2 aromatic heterocycles. The number of anilines is 4. The molecule has 0 atom stereocenters. The van der Waals surface area contributed by atoms with E-state index in [0.29, 0.717) is 23.0 Å². The highest BCUT2D eigenvalue weighted by molar-refractivity contribution is 6.04. The monoisotopic (exact) mass is 523 g/mol. The Morgan fingerprint density at radius 1 is 1.05 bits per heavy atom. The third-order valence-corrected chi connectivity index (χ3v) is 7.04. The number of imidazole rings is 1. The topological polar surface area (TPSA) is 117 Å². The van der Waals surface area contributed by atoms with Crippen molar-refractivity contribution < 1.29 is 9.90 Å². The maximum absolute atomic E-state index is 12.5. The molecule has 0 aliphatic heterocycles. The predicted octanol–water partition coefficient (Wildman–Crippen LogP) is 4.91. The van der Waals surface area contributed by atoms with E-state index in [1.54, 1.807) is 6.33 Å². The van der Waals surface area contributed by atoms with Crippen molar-refractivity contribution in [1.82, 2.24) is 19.5 Å². The van der Waals surface area contributed by atoms with Gasteiger partial charge in [0, 0.05) is 35.4 Å². The third kappa shape index (κ3) is 6.36. The zero-order valence-electron chi connectivity index (χ0n) is 22.5. The second-order valence-electron chi connectivity index (χ2n) is 9.96. The van der Waals surface area contributed by atoms with Gasteiger partial charge in [-0.1, -0.05) is 18.1 Å². The SMILES string of the molecule is CCn1cnc2c(Nc3cccc(NC(=O)C#Cc4ccc(C)c(C)c4)c3)nc(N[C@H]3CC[C@H](O)CC3)nc21. The summed E-state index contributed by atoms with van der Waals surface area (Å²) in [4.78, 5) is 26.5. The van der Waals surface area contributed by atoms with Crippen LogP contribution in [-0.2, 0) is 11.3 Å². The number of hydrogen-bond acceptors (Lipinski definition) is 7. The maximum Gasteiger partial charge on any atom is 0.300 e. The van der Waals surface area contributed by atoms with Gasteiger partial charge in [-0.2, -0.15) is 9.97 Å². The minimum Gasteiger partial charge on any atom is -0.393 e. The first-order valence-electron chi connectivity index (χ1n) is 13.3. The van der Waals surface area contributed by atoms with Crippen molar-refractivity contribution in [2.75, 3.05) is 16.0 Å². The molecular weight excluding hydrogens is 490 g/mol. The molecule has 1 saturated carbocycles. The number of nitrogens with zero attached hydrogens (tertiary/aromatic N) is 4. The van der Waals surface area contributed by atoms with Crippen molar-refractivity contribution >= 4 is 40.2 Å². The van der Waals surface area contributed by atoms with E-state index in [1.807, 2.05) is 67.8 Å². The fourth-order valence-corrected chi connectivity index (χ4v) is 4.65. The Morgan fingerprint density at radius 3 is 2.62 bits per heavy atom. The Balaban J connectivity index is 1.34. The van der Waals surface area contributed by atoms with Crippen LogP contribution < -0.4 is 16.0 Å². The van der Waals surface area contributed by atoms with E-state index in [2.05, 4.69) is 32.8 Å². The average Bonchev–Trinajstić information content (AvgIpc) is 3.34. The fraction of sp³-hybridized carbons (Fsp3) is 0.333. The lowest BCUT2D eigenvalue weighted by molar-refractivity contribution is -0.111. The highest BCUT2D eigenvalue weighted by Crippen LogP contribution is 2.27. The molecular formula is C30H33N7O2. The van der Waals surface area contributed by atoms with Crippen LogP contribution in [0.2, 0.25) is 0 Å². The van der Waals surface area contributed by atoms with E-state index in [1.165, 1.54) is 5.56 Å². The summed E-state index contributed by atoms with van der Waals surface area (Å²) in [6.45, 7) is 6.84. The van der Waals surface area contributed by atoms with Crippen LogP contribution in [0.5, 0.6) is 0 Å². The quantitative estimate of drug-likeness (QED) is 0.265. The van der Waals surface area contributed by atoms with Gasteiger partial charge in [0.2, 0.25) is 5.95 Å². The van der Waals surface area contributed by atoms with Crippen LogP contribution in [0.4, 0.5) is 23.1 Å². The number of aliphatic hydroxyl groups excluding tert-OH is 1. The number of rotatable bonds is 6. The average molecular weight is 524 g/mol. The van der Waals surface area contributed by atoms with Gasteiger partial charge >= 0.3 is 5.91 Å². The highest BCUT2D eigenvalue weighted by atomic mass is 16.3. The second kappa shape index (κ2) is 11.5. The number of aliphatic hydroxyl groups is 1. The summed E-state index contributed by atoms with van der Waals surface area (Å²) >= 11 is 0. The zero-order chi connectivity index (χ0) is 27.4. The van der Waals surface area contributed by atoms with Crippen molar-refractivity contribution in [3.63, 3.8) is 0 Å². The van der Waals surface area contributed by atoms with Gasteiger partial charge < -0.3 is 25.6 Å². The summed E-state index contributed by atoms with van der Waals surface area (Å²) in [6, 6.07) is 13.5. The Labute approximate surface area is 228 Å². The van der Waals surface area contributed by atoms with Gasteiger partial charge in [0.05, 0.1) is 12.4 Å². The van der Waals surface area contributed by atoms with E-state index in [-0.39, 0.29) is 18.1 Å². The molecule has 0 unspecified atom stereocenters. The molecule has 1 aliphatic rings. The molecule has 0 radical (unpaired) electrons. The smallest absolute Gasteiger partial charge is 0.300 e. The van der Waals surface area contributed by atoms with Crippen molar-refractivity contribution in [2.24, 2.45) is 0 Å². The molecule has 0 spiro atoms. The predicted molar refractivity (Wildman–Crippen MR) is 154 cm³/mol. The van der Waals surface area contributed by atoms with Crippen LogP contribution in [0.3, 0.4) is 0 Å². The lowest BCUT2D eigenvalue weighted by atomic mass is 9.93. The van der Waals surface area contributed by atoms with E-state index < -0.39 is 0 Å². The van der Waals surface area contributed by atoms with Gasteiger partial charge in [-0.3, -0.25) is 4.79 Å². The Kier molecular flexibility index (Phi) is 7.75. The van der Waals surface area contributed by atoms with E-state index in [4.69, 9.17) is 9.97 Å². The molecule has 1 amide bonds. The van der Waals surface area contributed by atoms with Crippen LogP contribution in [-0.4, -0.2) is 42.7 Å². The van der Waals surface area contributed by atoms with E-state index in [0.717, 1.165) is 54.7 Å². The van der Waals surface area contributed by atoms with E-state index >= 15 is 0 Å². The number of aryl methyl sites for hydroxylation is 3. The molecule has 1 aliphatic carbocycles. The van der Waals surface area contributed by atoms with Gasteiger partial charge in [0.25, 0.3) is 0 Å². The molecule has 0 saturated heterocycles. The number of amides is 1. The molecule has 9 heteroatoms. The van der Waals surface area contributed by atoms with Crippen LogP contribution in [0.1, 0.15) is 49.3 Å². The van der Waals surface area contributed by atoms with Crippen LogP contribution in [0.25, 0.3) is 11.2 Å². The number of benzene rings is 2. The zero-order valence-corrected chi connectivity index (χ0v) is 22.5. The molecule has 2 heterocycles. The summed E-state index contributed by atoms with van der Waals surface area (Å²) in [5, 5.41) is 19.5. The maximum atomic E-state index is 12.5. The fourth-order valence-electron chi connectivity index (χ4n) is 4.65. The lowest BCUT2D eigenvalue weighted by Crippen LogP contribution is -2.29. The van der Waals surface area contributed by atoms with Crippen molar-refractivity contribution in [3.05, 3.63) is 65.5 Å². The number of hydrogen-bond donors (Lipinski definition) is 4. The van der Waals surface area contributed by atoms with Crippen molar-refractivity contribution in [3.8, 4) is 11.8 Å². The standard InChI is InChI=1S/C30H33N7O2/c1-4-37-18-31-27-28(35-30(36-29(27)37)34-22-11-13-25(38)14-12-22)33-24-7-5-6-23(17-24)32-26(39)15-10-21-9-8-19(2)20(3)16-21/h5-9,16-18,22,25,38H,4,11-14H2,1-3H3,(H,32,39)(H2,33,34,35,36)/t22-,25-. The number of fused-ring (bicyclic) bond motifs is 1. The highest BCUT2D eigenvalue weighted by Gasteiger charge is 2.21. The number of carbonyl (C=O) groups is 1. The molecule has 4 N–H and O–H groups in total. The van der Waals surface area contributed by atoms with Crippen LogP contribution in [0.15, 0.2) is 48.8 Å².